The van der Waals surface area contributed by atoms with Crippen LogP contribution in [0.2, 0.25) is 0 Å². The molecule has 0 amide bonds. The van der Waals surface area contributed by atoms with Gasteiger partial charge in [-0.15, -0.1) is 0 Å². The molecule has 0 fully saturated rings. The number of hydrogen-bond donors (Lipinski definition) is 1. The Balaban J connectivity index is 2.56. The maximum atomic E-state index is 4.03. The minimum absolute atomic E-state index is 0.998. The van der Waals surface area contributed by atoms with E-state index in [2.05, 4.69) is 33.2 Å². The second kappa shape index (κ2) is 4.34. The first-order valence-electron chi connectivity index (χ1n) is 3.67. The minimum atomic E-state index is 0.998. The lowest BCUT2D eigenvalue weighted by atomic mass is 10.4. The Morgan fingerprint density at radius 3 is 3.00 bits per heavy atom. The van der Waals surface area contributed by atoms with Crippen molar-refractivity contribution in [1.29, 1.82) is 0 Å². The molecule has 0 atom stereocenters. The molecule has 3 heteroatoms. The summed E-state index contributed by atoms with van der Waals surface area (Å²) in [4.78, 5) is 4.03. The Morgan fingerprint density at radius 2 is 2.36 bits per heavy atom. The van der Waals surface area contributed by atoms with Crippen LogP contribution in [0.3, 0.4) is 0 Å². The molecule has 0 bridgehead atoms. The molecule has 1 heterocycles. The molecule has 0 aliphatic carbocycles. The van der Waals surface area contributed by atoms with E-state index in [9.17, 15) is 0 Å². The highest BCUT2D eigenvalue weighted by molar-refractivity contribution is 9.10. The van der Waals surface area contributed by atoms with E-state index in [-0.39, 0.29) is 0 Å². The van der Waals surface area contributed by atoms with Gasteiger partial charge in [0.15, 0.2) is 0 Å². The molecule has 60 valence electrons. The van der Waals surface area contributed by atoms with Gasteiger partial charge < -0.3 is 5.32 Å². The highest BCUT2D eigenvalue weighted by Gasteiger charge is 1.90. The smallest absolute Gasteiger partial charge is 0.0538 e. The molecular formula is C8H11BrN2. The van der Waals surface area contributed by atoms with E-state index in [0.29, 0.717) is 0 Å². The first-order valence-corrected chi connectivity index (χ1v) is 4.46. The number of pyridine rings is 1. The van der Waals surface area contributed by atoms with Crippen molar-refractivity contribution in [3.05, 3.63) is 22.9 Å². The average Bonchev–Trinajstić information content (AvgIpc) is 2.01. The predicted molar refractivity (Wildman–Crippen MR) is 50.7 cm³/mol. The van der Waals surface area contributed by atoms with Gasteiger partial charge >= 0.3 is 0 Å². The van der Waals surface area contributed by atoms with E-state index in [1.54, 1.807) is 6.20 Å². The molecule has 1 N–H and O–H groups in total. The van der Waals surface area contributed by atoms with Gasteiger partial charge in [0.25, 0.3) is 0 Å². The van der Waals surface area contributed by atoms with Gasteiger partial charge in [0.1, 0.15) is 0 Å². The molecule has 0 saturated carbocycles. The largest absolute Gasteiger partial charge is 0.384 e. The molecule has 0 unspecified atom stereocenters. The molecule has 1 aromatic rings. The number of hydrogen-bond acceptors (Lipinski definition) is 2. The summed E-state index contributed by atoms with van der Waals surface area (Å²) in [6.45, 7) is 3.14. The van der Waals surface area contributed by atoms with Crippen LogP contribution in [0, 0.1) is 0 Å². The number of aromatic nitrogens is 1. The lowest BCUT2D eigenvalue weighted by Crippen LogP contribution is -1.99. The zero-order valence-corrected chi connectivity index (χ0v) is 8.06. The standard InChI is InChI=1S/C8H11BrN2/c1-2-3-11-8-4-7(9)5-10-6-8/h4-6,11H,2-3H2,1H3. The maximum Gasteiger partial charge on any atom is 0.0538 e. The van der Waals surface area contributed by atoms with Crippen LogP contribution in [0.25, 0.3) is 0 Å². The van der Waals surface area contributed by atoms with Crippen LogP contribution in [-0.4, -0.2) is 11.5 Å². The molecule has 0 aromatic carbocycles. The highest BCUT2D eigenvalue weighted by atomic mass is 79.9. The van der Waals surface area contributed by atoms with Crippen molar-refractivity contribution in [2.75, 3.05) is 11.9 Å². The zero-order valence-electron chi connectivity index (χ0n) is 6.47. The fraction of sp³-hybridized carbons (Fsp3) is 0.375. The molecule has 0 saturated heterocycles. The van der Waals surface area contributed by atoms with E-state index in [0.717, 1.165) is 23.1 Å². The fourth-order valence-electron chi connectivity index (χ4n) is 0.778. The maximum absolute atomic E-state index is 4.03. The van der Waals surface area contributed by atoms with Crippen molar-refractivity contribution in [2.45, 2.75) is 13.3 Å². The Kier molecular flexibility index (Phi) is 3.36. The molecule has 0 radical (unpaired) electrons. The van der Waals surface area contributed by atoms with E-state index in [1.807, 2.05) is 12.3 Å². The summed E-state index contributed by atoms with van der Waals surface area (Å²) in [7, 11) is 0. The quantitative estimate of drug-likeness (QED) is 0.838. The molecule has 0 aliphatic rings. The number of anilines is 1. The molecule has 1 rings (SSSR count). The molecule has 2 nitrogen and oxygen atoms in total. The van der Waals surface area contributed by atoms with Gasteiger partial charge in [-0.3, -0.25) is 4.98 Å². The molecular weight excluding hydrogens is 204 g/mol. The predicted octanol–water partition coefficient (Wildman–Crippen LogP) is 2.67. The van der Waals surface area contributed by atoms with Gasteiger partial charge in [-0.1, -0.05) is 6.92 Å². The van der Waals surface area contributed by atoms with E-state index in [4.69, 9.17) is 0 Å². The third kappa shape index (κ3) is 2.89. The van der Waals surface area contributed by atoms with Crippen LogP contribution in [0.4, 0.5) is 5.69 Å². The third-order valence-electron chi connectivity index (χ3n) is 1.28. The van der Waals surface area contributed by atoms with Gasteiger partial charge in [-0.05, 0) is 28.4 Å². The van der Waals surface area contributed by atoms with Crippen molar-refractivity contribution in [2.24, 2.45) is 0 Å². The van der Waals surface area contributed by atoms with Crippen LogP contribution in [0.5, 0.6) is 0 Å². The average molecular weight is 215 g/mol. The lowest BCUT2D eigenvalue weighted by molar-refractivity contribution is 0.977. The number of nitrogens with one attached hydrogen (secondary N) is 1. The fourth-order valence-corrected chi connectivity index (χ4v) is 1.14. The molecule has 1 aromatic heterocycles. The van der Waals surface area contributed by atoms with Crippen molar-refractivity contribution < 1.29 is 0 Å². The minimum Gasteiger partial charge on any atom is -0.384 e. The van der Waals surface area contributed by atoms with Crippen LogP contribution in [0.15, 0.2) is 22.9 Å². The van der Waals surface area contributed by atoms with Crippen molar-refractivity contribution >= 4 is 21.6 Å². The Labute approximate surface area is 75.2 Å². The van der Waals surface area contributed by atoms with Gasteiger partial charge in [-0.2, -0.15) is 0 Å². The summed E-state index contributed by atoms with van der Waals surface area (Å²) in [5.41, 5.74) is 1.07. The number of nitrogens with zero attached hydrogens (tertiary/aromatic N) is 1. The normalized spacial score (nSPS) is 9.64. The van der Waals surface area contributed by atoms with Gasteiger partial charge in [0.05, 0.1) is 11.9 Å². The Morgan fingerprint density at radius 1 is 1.55 bits per heavy atom. The lowest BCUT2D eigenvalue weighted by Gasteiger charge is -2.02. The first-order chi connectivity index (χ1) is 5.33. The van der Waals surface area contributed by atoms with Crippen LogP contribution in [0.1, 0.15) is 13.3 Å². The van der Waals surface area contributed by atoms with Crippen LogP contribution < -0.4 is 5.32 Å². The van der Waals surface area contributed by atoms with E-state index >= 15 is 0 Å². The Hall–Kier alpha value is -0.570. The summed E-state index contributed by atoms with van der Waals surface area (Å²) in [5.74, 6) is 0. The van der Waals surface area contributed by atoms with Gasteiger partial charge in [-0.25, -0.2) is 0 Å². The zero-order chi connectivity index (χ0) is 8.10. The van der Waals surface area contributed by atoms with Crippen molar-refractivity contribution in [1.82, 2.24) is 4.98 Å². The van der Waals surface area contributed by atoms with Crippen molar-refractivity contribution in [3.63, 3.8) is 0 Å². The van der Waals surface area contributed by atoms with Crippen LogP contribution in [-0.2, 0) is 0 Å². The molecule has 11 heavy (non-hydrogen) atoms. The summed E-state index contributed by atoms with van der Waals surface area (Å²) < 4.78 is 1.01. The molecule has 0 aliphatic heterocycles. The summed E-state index contributed by atoms with van der Waals surface area (Å²) in [6, 6.07) is 2.02. The highest BCUT2D eigenvalue weighted by Crippen LogP contribution is 2.13. The van der Waals surface area contributed by atoms with E-state index < -0.39 is 0 Å². The van der Waals surface area contributed by atoms with Gasteiger partial charge in [0, 0.05) is 17.2 Å². The van der Waals surface area contributed by atoms with E-state index in [1.165, 1.54) is 0 Å². The number of halogens is 1. The summed E-state index contributed by atoms with van der Waals surface area (Å²) in [6.07, 6.45) is 4.73. The third-order valence-corrected chi connectivity index (χ3v) is 1.72. The first kappa shape index (κ1) is 8.53. The monoisotopic (exact) mass is 214 g/mol. The summed E-state index contributed by atoms with van der Waals surface area (Å²) in [5, 5.41) is 3.24. The summed E-state index contributed by atoms with van der Waals surface area (Å²) >= 11 is 3.35. The van der Waals surface area contributed by atoms with Crippen molar-refractivity contribution in [3.8, 4) is 0 Å². The van der Waals surface area contributed by atoms with Gasteiger partial charge in [0.2, 0.25) is 0 Å². The topological polar surface area (TPSA) is 24.9 Å². The molecule has 0 spiro atoms. The SMILES string of the molecule is CCCNc1cncc(Br)c1. The Bertz CT molecular complexity index is 225. The van der Waals surface area contributed by atoms with Crippen LogP contribution >= 0.6 is 15.9 Å². The second-order valence-electron chi connectivity index (χ2n) is 2.32. The second-order valence-corrected chi connectivity index (χ2v) is 3.23. The number of rotatable bonds is 3.